The molecule has 1 unspecified atom stereocenters. The lowest BCUT2D eigenvalue weighted by atomic mass is 9.94. The maximum atomic E-state index is 14.3. The molecule has 120 valence electrons. The van der Waals surface area contributed by atoms with Crippen molar-refractivity contribution >= 4 is 17.6 Å². The fourth-order valence-corrected chi connectivity index (χ4v) is 3.21. The lowest BCUT2D eigenvalue weighted by Gasteiger charge is -2.19. The van der Waals surface area contributed by atoms with Gasteiger partial charge < -0.3 is 4.74 Å². The van der Waals surface area contributed by atoms with Crippen LogP contribution in [0.4, 0.5) is 4.39 Å². The van der Waals surface area contributed by atoms with E-state index in [9.17, 15) is 9.18 Å². The van der Waals surface area contributed by atoms with Crippen LogP contribution in [-0.4, -0.2) is 15.7 Å². The maximum absolute atomic E-state index is 14.3. The smallest absolute Gasteiger partial charge is 0.342 e. The Morgan fingerprint density at radius 2 is 1.96 bits per heavy atom. The topological polar surface area (TPSA) is 44.1 Å². The molecule has 2 heterocycles. The molecule has 2 aromatic carbocycles. The van der Waals surface area contributed by atoms with E-state index >= 15 is 0 Å². The number of esters is 1. The third-order valence-corrected chi connectivity index (χ3v) is 4.36. The van der Waals surface area contributed by atoms with Crippen LogP contribution in [0.2, 0.25) is 5.02 Å². The number of carbonyl (C=O) groups is 1. The largest absolute Gasteiger partial charge is 0.449 e. The number of cyclic esters (lactones) is 1. The molecule has 0 aliphatic carbocycles. The number of carbonyl (C=O) groups excluding carboxylic acids is 1. The third-order valence-electron chi connectivity index (χ3n) is 4.12. The monoisotopic (exact) mass is 342 g/mol. The SMILES string of the molecule is Cn1ncc2c1-c1ccc(Cl)cc1C(c1ccccc1F)OC2=O. The van der Waals surface area contributed by atoms with E-state index in [-0.39, 0.29) is 5.56 Å². The summed E-state index contributed by atoms with van der Waals surface area (Å²) in [5.41, 5.74) is 2.64. The molecule has 6 heteroatoms. The summed E-state index contributed by atoms with van der Waals surface area (Å²) in [5, 5.41) is 4.62. The summed E-state index contributed by atoms with van der Waals surface area (Å²) in [7, 11) is 1.74. The molecule has 1 aromatic heterocycles. The molecule has 4 rings (SSSR count). The highest BCUT2D eigenvalue weighted by atomic mass is 35.5. The number of fused-ring (bicyclic) bond motifs is 3. The molecule has 3 aromatic rings. The van der Waals surface area contributed by atoms with Gasteiger partial charge in [0.25, 0.3) is 0 Å². The van der Waals surface area contributed by atoms with Crippen LogP contribution in [0.1, 0.15) is 27.6 Å². The van der Waals surface area contributed by atoms with Crippen LogP contribution in [0.25, 0.3) is 11.3 Å². The molecule has 0 amide bonds. The number of nitrogens with zero attached hydrogens (tertiary/aromatic N) is 2. The van der Waals surface area contributed by atoms with E-state index in [1.54, 1.807) is 48.1 Å². The predicted molar refractivity (Wildman–Crippen MR) is 87.3 cm³/mol. The maximum Gasteiger partial charge on any atom is 0.342 e. The first kappa shape index (κ1) is 14.9. The first-order chi connectivity index (χ1) is 11.6. The van der Waals surface area contributed by atoms with Gasteiger partial charge >= 0.3 is 5.97 Å². The second kappa shape index (κ2) is 5.46. The minimum atomic E-state index is -0.875. The minimum Gasteiger partial charge on any atom is -0.449 e. The summed E-state index contributed by atoms with van der Waals surface area (Å²) in [6.07, 6.45) is 0.583. The lowest BCUT2D eigenvalue weighted by molar-refractivity contribution is 0.0380. The van der Waals surface area contributed by atoms with Gasteiger partial charge in [-0.15, -0.1) is 0 Å². The van der Waals surface area contributed by atoms with Gasteiger partial charge in [-0.25, -0.2) is 9.18 Å². The quantitative estimate of drug-likeness (QED) is 0.624. The van der Waals surface area contributed by atoms with Crippen molar-refractivity contribution in [3.05, 3.63) is 76.2 Å². The molecule has 4 nitrogen and oxygen atoms in total. The molecule has 1 aliphatic rings. The van der Waals surface area contributed by atoms with Crippen molar-refractivity contribution < 1.29 is 13.9 Å². The Morgan fingerprint density at radius 1 is 1.17 bits per heavy atom. The van der Waals surface area contributed by atoms with Gasteiger partial charge in [-0.3, -0.25) is 4.68 Å². The molecule has 1 aliphatic heterocycles. The van der Waals surface area contributed by atoms with Crippen LogP contribution in [0.3, 0.4) is 0 Å². The Morgan fingerprint density at radius 3 is 2.75 bits per heavy atom. The van der Waals surface area contributed by atoms with E-state index < -0.39 is 17.9 Å². The average Bonchev–Trinajstić information content (AvgIpc) is 2.89. The van der Waals surface area contributed by atoms with Crippen LogP contribution < -0.4 is 0 Å². The molecule has 24 heavy (non-hydrogen) atoms. The number of aromatic nitrogens is 2. The first-order valence-electron chi connectivity index (χ1n) is 7.33. The van der Waals surface area contributed by atoms with Crippen LogP contribution in [0.15, 0.2) is 48.7 Å². The molecule has 1 atom stereocenters. The van der Waals surface area contributed by atoms with Gasteiger partial charge in [0.15, 0.2) is 6.10 Å². The molecule has 0 saturated heterocycles. The standard InChI is InChI=1S/C18H12ClFN2O2/c1-22-16-11-7-6-10(19)8-13(11)17(12-4-2-3-5-15(12)20)24-18(23)14(16)9-21-22/h2-9,17H,1H3. The molecule has 0 bridgehead atoms. The lowest BCUT2D eigenvalue weighted by Crippen LogP contribution is -2.12. The summed E-state index contributed by atoms with van der Waals surface area (Å²) in [4.78, 5) is 12.5. The van der Waals surface area contributed by atoms with Gasteiger partial charge in [-0.05, 0) is 18.2 Å². The van der Waals surface area contributed by atoms with Crippen molar-refractivity contribution in [1.29, 1.82) is 0 Å². The Labute approximate surface area is 142 Å². The van der Waals surface area contributed by atoms with Gasteiger partial charge in [-0.1, -0.05) is 35.9 Å². The van der Waals surface area contributed by atoms with Gasteiger partial charge in [0, 0.05) is 28.8 Å². The van der Waals surface area contributed by atoms with E-state index in [2.05, 4.69) is 5.10 Å². The number of hydrogen-bond acceptors (Lipinski definition) is 3. The van der Waals surface area contributed by atoms with E-state index in [1.165, 1.54) is 12.3 Å². The highest BCUT2D eigenvalue weighted by molar-refractivity contribution is 6.30. The van der Waals surface area contributed by atoms with Crippen LogP contribution in [0.5, 0.6) is 0 Å². The molecule has 0 radical (unpaired) electrons. The van der Waals surface area contributed by atoms with Crippen LogP contribution >= 0.6 is 11.6 Å². The van der Waals surface area contributed by atoms with Crippen molar-refractivity contribution in [2.24, 2.45) is 7.05 Å². The van der Waals surface area contributed by atoms with Crippen LogP contribution in [-0.2, 0) is 11.8 Å². The van der Waals surface area contributed by atoms with Gasteiger partial charge in [0.2, 0.25) is 0 Å². The third kappa shape index (κ3) is 2.20. The normalized spacial score (nSPS) is 16.1. The molecule has 0 spiro atoms. The summed E-state index contributed by atoms with van der Waals surface area (Å²) in [6.45, 7) is 0. The molecular weight excluding hydrogens is 331 g/mol. The number of halogens is 2. The highest BCUT2D eigenvalue weighted by Crippen LogP contribution is 2.41. The predicted octanol–water partition coefficient (Wildman–Crippen LogP) is 4.14. The zero-order valence-electron chi connectivity index (χ0n) is 12.7. The second-order valence-corrected chi connectivity index (χ2v) is 6.01. The minimum absolute atomic E-state index is 0.287. The fraction of sp³-hybridized carbons (Fsp3) is 0.111. The Kier molecular flexibility index (Phi) is 3.39. The van der Waals surface area contributed by atoms with E-state index in [4.69, 9.17) is 16.3 Å². The van der Waals surface area contributed by atoms with Crippen LogP contribution in [0, 0.1) is 5.82 Å². The number of benzene rings is 2. The average molecular weight is 343 g/mol. The number of aryl methyl sites for hydroxylation is 1. The zero-order chi connectivity index (χ0) is 16.8. The van der Waals surface area contributed by atoms with Crippen molar-refractivity contribution in [2.75, 3.05) is 0 Å². The summed E-state index contributed by atoms with van der Waals surface area (Å²) in [6, 6.07) is 11.5. The van der Waals surface area contributed by atoms with E-state index in [1.807, 2.05) is 0 Å². The first-order valence-corrected chi connectivity index (χ1v) is 7.71. The summed E-state index contributed by atoms with van der Waals surface area (Å²) >= 11 is 6.14. The van der Waals surface area contributed by atoms with E-state index in [0.717, 1.165) is 5.56 Å². The molecular formula is C18H12ClFN2O2. The number of rotatable bonds is 1. The van der Waals surface area contributed by atoms with E-state index in [0.29, 0.717) is 21.8 Å². The summed E-state index contributed by atoms with van der Waals surface area (Å²) in [5.74, 6) is -0.982. The van der Waals surface area contributed by atoms with Gasteiger partial charge in [0.05, 0.1) is 11.9 Å². The van der Waals surface area contributed by atoms with Crippen molar-refractivity contribution in [1.82, 2.24) is 9.78 Å². The van der Waals surface area contributed by atoms with Crippen molar-refractivity contribution in [3.63, 3.8) is 0 Å². The van der Waals surface area contributed by atoms with Crippen molar-refractivity contribution in [2.45, 2.75) is 6.10 Å². The highest BCUT2D eigenvalue weighted by Gasteiger charge is 2.33. The number of ether oxygens (including phenoxy) is 1. The van der Waals surface area contributed by atoms with Gasteiger partial charge in [0.1, 0.15) is 11.4 Å². The van der Waals surface area contributed by atoms with Gasteiger partial charge in [-0.2, -0.15) is 5.10 Å². The second-order valence-electron chi connectivity index (χ2n) is 5.57. The summed E-state index contributed by atoms with van der Waals surface area (Å²) < 4.78 is 21.5. The number of hydrogen-bond donors (Lipinski definition) is 0. The zero-order valence-corrected chi connectivity index (χ0v) is 13.4. The van der Waals surface area contributed by atoms with Crippen molar-refractivity contribution in [3.8, 4) is 11.3 Å². The Bertz CT molecular complexity index is 967. The molecule has 0 fully saturated rings. The Balaban J connectivity index is 2.02. The fourth-order valence-electron chi connectivity index (χ4n) is 3.03. The molecule has 0 N–H and O–H groups in total. The Hall–Kier alpha value is -2.66. The molecule has 0 saturated carbocycles.